The zero-order valence-electron chi connectivity index (χ0n) is 23.4. The van der Waals surface area contributed by atoms with Crippen molar-refractivity contribution >= 4 is 24.4 Å². The van der Waals surface area contributed by atoms with E-state index in [1.165, 1.54) is 18.2 Å². The SMILES string of the molecule is CCCCCOC(=O)Oc1ccc(C[C@](NC(C)C)(OC(=O)OCC)C(=O)O)cc1OC(=O)OCCCCC. The van der Waals surface area contributed by atoms with Gasteiger partial charge in [-0.3, -0.25) is 5.32 Å². The highest BCUT2D eigenvalue weighted by molar-refractivity contribution is 5.80. The van der Waals surface area contributed by atoms with Crippen molar-refractivity contribution in [3.05, 3.63) is 23.8 Å². The van der Waals surface area contributed by atoms with Gasteiger partial charge in [-0.1, -0.05) is 45.6 Å². The number of carboxylic acid groups (broad SMARTS) is 1. The summed E-state index contributed by atoms with van der Waals surface area (Å²) in [7, 11) is 0. The second kappa shape index (κ2) is 17.9. The molecule has 0 saturated heterocycles. The van der Waals surface area contributed by atoms with Crippen LogP contribution in [-0.4, -0.2) is 61.1 Å². The monoisotopic (exact) mass is 555 g/mol. The first-order chi connectivity index (χ1) is 18.6. The van der Waals surface area contributed by atoms with Gasteiger partial charge in [-0.25, -0.2) is 19.2 Å². The van der Waals surface area contributed by atoms with Gasteiger partial charge in [0.05, 0.1) is 19.8 Å². The van der Waals surface area contributed by atoms with Gasteiger partial charge in [0.1, 0.15) is 0 Å². The summed E-state index contributed by atoms with van der Waals surface area (Å²) in [5.74, 6) is -1.83. The van der Waals surface area contributed by atoms with Gasteiger partial charge in [0.15, 0.2) is 11.5 Å². The summed E-state index contributed by atoms with van der Waals surface area (Å²) in [6, 6.07) is 3.64. The normalized spacial score (nSPS) is 12.3. The number of carboxylic acids is 1. The molecule has 0 aliphatic rings. The van der Waals surface area contributed by atoms with Crippen LogP contribution in [0.15, 0.2) is 18.2 Å². The Hall–Kier alpha value is -3.54. The third kappa shape index (κ3) is 12.7. The summed E-state index contributed by atoms with van der Waals surface area (Å²) in [6.07, 6.45) is 1.35. The number of carbonyl (C=O) groups is 4. The van der Waals surface area contributed by atoms with Crippen LogP contribution >= 0.6 is 0 Å². The van der Waals surface area contributed by atoms with Crippen LogP contribution in [0.3, 0.4) is 0 Å². The molecule has 39 heavy (non-hydrogen) atoms. The molecule has 0 fully saturated rings. The highest BCUT2D eigenvalue weighted by Gasteiger charge is 2.44. The van der Waals surface area contributed by atoms with Crippen LogP contribution in [0.1, 0.15) is 78.7 Å². The van der Waals surface area contributed by atoms with Gasteiger partial charge in [0, 0.05) is 12.5 Å². The molecule has 0 radical (unpaired) electrons. The molecule has 2 N–H and O–H groups in total. The molecule has 0 saturated carbocycles. The molecule has 220 valence electrons. The number of unbranched alkanes of at least 4 members (excludes halogenated alkanes) is 4. The van der Waals surface area contributed by atoms with Crippen LogP contribution in [0.4, 0.5) is 14.4 Å². The molecule has 0 unspecified atom stereocenters. The van der Waals surface area contributed by atoms with E-state index in [4.69, 9.17) is 28.4 Å². The fraction of sp³-hybridized carbons (Fsp3) is 0.630. The first-order valence-electron chi connectivity index (χ1n) is 13.3. The maximum atomic E-state index is 12.3. The second-order valence-corrected chi connectivity index (χ2v) is 8.99. The Morgan fingerprint density at radius 2 is 1.38 bits per heavy atom. The third-order valence-corrected chi connectivity index (χ3v) is 5.17. The summed E-state index contributed by atoms with van der Waals surface area (Å²) in [5.41, 5.74) is -1.94. The predicted octanol–water partition coefficient (Wildman–Crippen LogP) is 5.59. The standard InChI is InChI=1S/C27H41NO11/c1-6-9-11-15-35-24(31)37-21-14-13-20(17-22(21)38-25(32)36-16-12-10-7-2)18-27(23(29)30,28-19(4)5)39-26(33)34-8-3/h13-14,17,19,28H,6-12,15-16,18H2,1-5H3,(H,29,30)/t27-/m0/s1. The number of hydrogen-bond acceptors (Lipinski definition) is 11. The lowest BCUT2D eigenvalue weighted by Gasteiger charge is -2.31. The first-order valence-corrected chi connectivity index (χ1v) is 13.3. The van der Waals surface area contributed by atoms with Crippen molar-refractivity contribution in [1.29, 1.82) is 0 Å². The molecule has 0 heterocycles. The van der Waals surface area contributed by atoms with E-state index in [1.54, 1.807) is 20.8 Å². The lowest BCUT2D eigenvalue weighted by molar-refractivity contribution is -0.166. The Morgan fingerprint density at radius 1 is 0.821 bits per heavy atom. The minimum atomic E-state index is -2.21. The van der Waals surface area contributed by atoms with E-state index in [0.717, 1.165) is 25.7 Å². The summed E-state index contributed by atoms with van der Waals surface area (Å²) in [5, 5.41) is 12.8. The molecule has 0 aromatic heterocycles. The van der Waals surface area contributed by atoms with Gasteiger partial charge in [0.2, 0.25) is 0 Å². The molecule has 12 nitrogen and oxygen atoms in total. The predicted molar refractivity (Wildman–Crippen MR) is 140 cm³/mol. The molecule has 12 heteroatoms. The van der Waals surface area contributed by atoms with E-state index in [2.05, 4.69) is 5.32 Å². The summed E-state index contributed by atoms with van der Waals surface area (Å²) in [4.78, 5) is 48.9. The van der Waals surface area contributed by atoms with Crippen molar-refractivity contribution < 1.29 is 52.7 Å². The maximum Gasteiger partial charge on any atom is 0.513 e. The quantitative estimate of drug-likeness (QED) is 0.0808. The first kappa shape index (κ1) is 33.5. The van der Waals surface area contributed by atoms with Crippen LogP contribution in [-0.2, 0) is 30.2 Å². The highest BCUT2D eigenvalue weighted by Crippen LogP contribution is 2.31. The molecule has 1 atom stereocenters. The minimum Gasteiger partial charge on any atom is -0.477 e. The summed E-state index contributed by atoms with van der Waals surface area (Å²) in [6.45, 7) is 9.21. The number of benzene rings is 1. The van der Waals surface area contributed by atoms with E-state index in [0.29, 0.717) is 12.8 Å². The molecule has 1 rings (SSSR count). The third-order valence-electron chi connectivity index (χ3n) is 5.17. The number of nitrogens with one attached hydrogen (secondary N) is 1. The number of aliphatic carboxylic acids is 1. The molecule has 0 aliphatic heterocycles. The van der Waals surface area contributed by atoms with Gasteiger partial charge in [-0.2, -0.15) is 0 Å². The van der Waals surface area contributed by atoms with E-state index in [-0.39, 0.29) is 43.3 Å². The number of hydrogen-bond donors (Lipinski definition) is 2. The van der Waals surface area contributed by atoms with Gasteiger partial charge in [0.25, 0.3) is 5.72 Å². The van der Waals surface area contributed by atoms with Crippen molar-refractivity contribution in [2.45, 2.75) is 91.3 Å². The fourth-order valence-electron chi connectivity index (χ4n) is 3.42. The van der Waals surface area contributed by atoms with Crippen molar-refractivity contribution in [3.8, 4) is 11.5 Å². The van der Waals surface area contributed by atoms with Crippen molar-refractivity contribution in [1.82, 2.24) is 5.32 Å². The molecule has 0 amide bonds. The summed E-state index contributed by atoms with van der Waals surface area (Å²) < 4.78 is 30.7. The van der Waals surface area contributed by atoms with E-state index >= 15 is 0 Å². The molecule has 0 bridgehead atoms. The van der Waals surface area contributed by atoms with Crippen LogP contribution in [0, 0.1) is 0 Å². The van der Waals surface area contributed by atoms with Crippen LogP contribution in [0.2, 0.25) is 0 Å². The number of ether oxygens (including phenoxy) is 6. The van der Waals surface area contributed by atoms with E-state index in [1.807, 2.05) is 13.8 Å². The Morgan fingerprint density at radius 3 is 1.87 bits per heavy atom. The highest BCUT2D eigenvalue weighted by atomic mass is 16.8. The average Bonchev–Trinajstić information content (AvgIpc) is 2.85. The second-order valence-electron chi connectivity index (χ2n) is 8.99. The Balaban J connectivity index is 3.26. The van der Waals surface area contributed by atoms with Crippen molar-refractivity contribution in [2.24, 2.45) is 0 Å². The molecule has 1 aromatic carbocycles. The van der Waals surface area contributed by atoms with Gasteiger partial charge < -0.3 is 33.5 Å². The fourth-order valence-corrected chi connectivity index (χ4v) is 3.42. The summed E-state index contributed by atoms with van der Waals surface area (Å²) >= 11 is 0. The number of carbonyl (C=O) groups excluding carboxylic acids is 3. The zero-order valence-corrected chi connectivity index (χ0v) is 23.4. The Bertz CT molecular complexity index is 934. The number of rotatable bonds is 17. The van der Waals surface area contributed by atoms with Crippen molar-refractivity contribution in [2.75, 3.05) is 19.8 Å². The Labute approximate surface area is 229 Å². The largest absolute Gasteiger partial charge is 0.513 e. The van der Waals surface area contributed by atoms with Crippen molar-refractivity contribution in [3.63, 3.8) is 0 Å². The molecule has 0 aliphatic carbocycles. The van der Waals surface area contributed by atoms with E-state index in [9.17, 15) is 24.3 Å². The maximum absolute atomic E-state index is 12.3. The van der Waals surface area contributed by atoms with Crippen LogP contribution < -0.4 is 14.8 Å². The topological polar surface area (TPSA) is 156 Å². The van der Waals surface area contributed by atoms with E-state index < -0.39 is 36.2 Å². The lowest BCUT2D eigenvalue weighted by atomic mass is 10.0. The molecular formula is C27H41NO11. The van der Waals surface area contributed by atoms with Crippen LogP contribution in [0.5, 0.6) is 11.5 Å². The zero-order chi connectivity index (χ0) is 29.3. The van der Waals surface area contributed by atoms with Gasteiger partial charge in [-0.05, 0) is 51.3 Å². The average molecular weight is 556 g/mol. The molecular weight excluding hydrogens is 514 g/mol. The lowest BCUT2D eigenvalue weighted by Crippen LogP contribution is -2.59. The minimum absolute atomic E-state index is 0.0187. The van der Waals surface area contributed by atoms with Gasteiger partial charge in [-0.15, -0.1) is 0 Å². The molecule has 1 aromatic rings. The molecule has 0 spiro atoms. The van der Waals surface area contributed by atoms with Gasteiger partial charge >= 0.3 is 24.4 Å². The van der Waals surface area contributed by atoms with Crippen LogP contribution in [0.25, 0.3) is 0 Å². The Kier molecular flexibility index (Phi) is 15.3. The smallest absolute Gasteiger partial charge is 0.477 e.